The average Bonchev–Trinajstić information content (AvgIpc) is 2.51. The molecule has 0 aliphatic carbocycles. The Labute approximate surface area is 71.7 Å². The van der Waals surface area contributed by atoms with Crippen molar-refractivity contribution in [3.63, 3.8) is 0 Å². The highest BCUT2D eigenvalue weighted by Crippen LogP contribution is 2.21. The maximum absolute atomic E-state index is 9.93. The summed E-state index contributed by atoms with van der Waals surface area (Å²) in [7, 11) is 0. The fourth-order valence-corrected chi connectivity index (χ4v) is 1.48. The van der Waals surface area contributed by atoms with Gasteiger partial charge < -0.3 is 0 Å². The zero-order valence-corrected chi connectivity index (χ0v) is 6.71. The lowest BCUT2D eigenvalue weighted by Gasteiger charge is -1.87. The minimum atomic E-state index is 0.587. The number of benzene rings is 1. The predicted octanol–water partition coefficient (Wildman–Crippen LogP) is 1.66. The van der Waals surface area contributed by atoms with Crippen LogP contribution in [0.4, 0.5) is 5.69 Å². The van der Waals surface area contributed by atoms with Crippen LogP contribution in [0.5, 0.6) is 0 Å². The van der Waals surface area contributed by atoms with Gasteiger partial charge in [0.05, 0.1) is 10.4 Å². The van der Waals surface area contributed by atoms with Crippen LogP contribution in [0.25, 0.3) is 10.2 Å². The van der Waals surface area contributed by atoms with Crippen molar-refractivity contribution >= 4 is 33.5 Å². The highest BCUT2D eigenvalue weighted by Gasteiger charge is 1.97. The summed E-state index contributed by atoms with van der Waals surface area (Å²) < 4.78 is 4.68. The van der Waals surface area contributed by atoms with Gasteiger partial charge in [-0.2, -0.15) is 4.99 Å². The quantitative estimate of drug-likeness (QED) is 0.491. The van der Waals surface area contributed by atoms with Crippen molar-refractivity contribution in [3.8, 4) is 0 Å². The van der Waals surface area contributed by atoms with Crippen LogP contribution < -0.4 is 0 Å². The molecule has 1 aromatic carbocycles. The van der Waals surface area contributed by atoms with Gasteiger partial charge in [-0.15, -0.1) is 5.10 Å². The highest BCUT2D eigenvalue weighted by molar-refractivity contribution is 7.12. The van der Waals surface area contributed by atoms with Crippen molar-refractivity contribution in [2.24, 2.45) is 4.99 Å². The first-order chi connectivity index (χ1) is 5.90. The number of aromatic nitrogens is 2. The van der Waals surface area contributed by atoms with Crippen molar-refractivity contribution in [2.45, 2.75) is 0 Å². The van der Waals surface area contributed by atoms with E-state index in [2.05, 4.69) is 14.6 Å². The fourth-order valence-electron chi connectivity index (χ4n) is 0.889. The van der Waals surface area contributed by atoms with E-state index < -0.39 is 0 Å². The number of carbonyl (C=O) groups excluding carboxylic acids is 1. The third-order valence-electron chi connectivity index (χ3n) is 1.41. The Morgan fingerprint density at radius 1 is 1.50 bits per heavy atom. The maximum atomic E-state index is 9.93. The molecule has 1 aromatic heterocycles. The van der Waals surface area contributed by atoms with Crippen molar-refractivity contribution in [3.05, 3.63) is 18.2 Å². The molecule has 1 heterocycles. The van der Waals surface area contributed by atoms with E-state index in [1.807, 2.05) is 0 Å². The van der Waals surface area contributed by atoms with E-state index in [9.17, 15) is 4.79 Å². The van der Waals surface area contributed by atoms with E-state index in [-0.39, 0.29) is 0 Å². The van der Waals surface area contributed by atoms with Crippen LogP contribution in [0.3, 0.4) is 0 Å². The first-order valence-electron chi connectivity index (χ1n) is 3.20. The molecular formula is C7H3N3OS. The van der Waals surface area contributed by atoms with Gasteiger partial charge in [-0.25, -0.2) is 4.79 Å². The van der Waals surface area contributed by atoms with Crippen LogP contribution in [-0.2, 0) is 4.79 Å². The van der Waals surface area contributed by atoms with Crippen LogP contribution in [0.15, 0.2) is 23.2 Å². The summed E-state index contributed by atoms with van der Waals surface area (Å²) in [6, 6.07) is 5.23. The minimum Gasteiger partial charge on any atom is -0.211 e. The molecular weight excluding hydrogens is 174 g/mol. The Morgan fingerprint density at radius 2 is 2.42 bits per heavy atom. The van der Waals surface area contributed by atoms with Gasteiger partial charge in [0.15, 0.2) is 0 Å². The predicted molar refractivity (Wildman–Crippen MR) is 45.2 cm³/mol. The van der Waals surface area contributed by atoms with E-state index in [4.69, 9.17) is 0 Å². The zero-order valence-electron chi connectivity index (χ0n) is 5.89. The number of fused-ring (bicyclic) bond motifs is 1. The molecule has 0 atom stereocenters. The number of aliphatic imine (C=N–C) groups is 1. The molecule has 0 amide bonds. The molecule has 0 radical (unpaired) electrons. The lowest BCUT2D eigenvalue weighted by Crippen LogP contribution is -1.67. The molecule has 0 spiro atoms. The molecule has 0 bridgehead atoms. The summed E-state index contributed by atoms with van der Waals surface area (Å²) in [5, 5.41) is 3.85. The van der Waals surface area contributed by atoms with E-state index in [0.717, 1.165) is 10.2 Å². The molecule has 0 fully saturated rings. The molecule has 58 valence electrons. The van der Waals surface area contributed by atoms with E-state index >= 15 is 0 Å². The molecule has 0 aliphatic heterocycles. The molecule has 0 saturated heterocycles. The summed E-state index contributed by atoms with van der Waals surface area (Å²) in [6.45, 7) is 0. The summed E-state index contributed by atoms with van der Waals surface area (Å²) in [5.41, 5.74) is 1.41. The van der Waals surface area contributed by atoms with Crippen molar-refractivity contribution < 1.29 is 4.79 Å². The van der Waals surface area contributed by atoms with Gasteiger partial charge in [0.2, 0.25) is 6.08 Å². The van der Waals surface area contributed by atoms with E-state index in [1.165, 1.54) is 17.6 Å². The summed E-state index contributed by atoms with van der Waals surface area (Å²) in [5.74, 6) is 0. The Bertz CT molecular complexity index is 458. The van der Waals surface area contributed by atoms with Gasteiger partial charge in [0, 0.05) is 0 Å². The number of hydrogen-bond acceptors (Lipinski definition) is 5. The first kappa shape index (κ1) is 7.09. The Kier molecular flexibility index (Phi) is 1.66. The number of nitrogens with zero attached hydrogens (tertiary/aromatic N) is 3. The number of isocyanates is 1. The molecule has 12 heavy (non-hydrogen) atoms. The SMILES string of the molecule is O=C=Nc1ccc2nnsc2c1. The average molecular weight is 177 g/mol. The first-order valence-corrected chi connectivity index (χ1v) is 3.97. The monoisotopic (exact) mass is 177 g/mol. The smallest absolute Gasteiger partial charge is 0.211 e. The molecule has 0 N–H and O–H groups in total. The number of hydrogen-bond donors (Lipinski definition) is 0. The zero-order chi connectivity index (χ0) is 8.39. The van der Waals surface area contributed by atoms with Gasteiger partial charge in [0.25, 0.3) is 0 Å². The van der Waals surface area contributed by atoms with Gasteiger partial charge in [-0.1, -0.05) is 4.49 Å². The summed E-state index contributed by atoms with van der Waals surface area (Å²) in [6.07, 6.45) is 1.48. The lowest BCUT2D eigenvalue weighted by molar-refractivity contribution is 0.565. The van der Waals surface area contributed by atoms with E-state index in [1.54, 1.807) is 18.2 Å². The largest absolute Gasteiger partial charge is 0.240 e. The summed E-state index contributed by atoms with van der Waals surface area (Å²) in [4.78, 5) is 13.4. The minimum absolute atomic E-state index is 0.587. The molecule has 0 aliphatic rings. The van der Waals surface area contributed by atoms with Crippen LogP contribution in [-0.4, -0.2) is 15.7 Å². The van der Waals surface area contributed by atoms with Crippen molar-refractivity contribution in [1.82, 2.24) is 9.59 Å². The normalized spacial score (nSPS) is 9.67. The molecule has 2 aromatic rings. The third-order valence-corrected chi connectivity index (χ3v) is 2.09. The van der Waals surface area contributed by atoms with Crippen LogP contribution in [0.1, 0.15) is 0 Å². The molecule has 0 unspecified atom stereocenters. The van der Waals surface area contributed by atoms with Gasteiger partial charge in [0.1, 0.15) is 5.52 Å². The van der Waals surface area contributed by atoms with Crippen molar-refractivity contribution in [2.75, 3.05) is 0 Å². The standard InChI is InChI=1S/C7H3N3OS/c11-4-8-5-1-2-6-7(3-5)12-10-9-6/h1-3H. The van der Waals surface area contributed by atoms with Gasteiger partial charge in [-0.3, -0.25) is 0 Å². The second-order valence-electron chi connectivity index (χ2n) is 2.13. The molecule has 4 nitrogen and oxygen atoms in total. The fraction of sp³-hybridized carbons (Fsp3) is 0. The third kappa shape index (κ3) is 1.11. The molecule has 0 saturated carbocycles. The molecule has 2 rings (SSSR count). The van der Waals surface area contributed by atoms with Crippen LogP contribution in [0, 0.1) is 0 Å². The van der Waals surface area contributed by atoms with Crippen LogP contribution >= 0.6 is 11.5 Å². The lowest BCUT2D eigenvalue weighted by atomic mass is 10.3. The van der Waals surface area contributed by atoms with Crippen LogP contribution in [0.2, 0.25) is 0 Å². The van der Waals surface area contributed by atoms with Gasteiger partial charge in [-0.05, 0) is 29.7 Å². The van der Waals surface area contributed by atoms with Gasteiger partial charge >= 0.3 is 0 Å². The topological polar surface area (TPSA) is 55.2 Å². The number of rotatable bonds is 1. The maximum Gasteiger partial charge on any atom is 0.240 e. The van der Waals surface area contributed by atoms with Crippen molar-refractivity contribution in [1.29, 1.82) is 0 Å². The Hall–Kier alpha value is -1.58. The highest BCUT2D eigenvalue weighted by atomic mass is 32.1. The molecule has 5 heteroatoms. The summed E-state index contributed by atoms with van der Waals surface area (Å²) >= 11 is 1.28. The van der Waals surface area contributed by atoms with E-state index in [0.29, 0.717) is 5.69 Å². The Morgan fingerprint density at radius 3 is 3.25 bits per heavy atom. The second-order valence-corrected chi connectivity index (χ2v) is 2.91. The Balaban J connectivity index is 2.67. The second kappa shape index (κ2) is 2.81.